The molecule has 0 atom stereocenters. The largest absolute Gasteiger partial charge is 0.355 e. The monoisotopic (exact) mass is 345 g/mol. The van der Waals surface area contributed by atoms with Crippen LogP contribution in [0.2, 0.25) is 0 Å². The topological polar surface area (TPSA) is 61.4 Å². The third kappa shape index (κ3) is 6.50. The number of rotatable bonds is 7. The van der Waals surface area contributed by atoms with Gasteiger partial charge in [-0.25, -0.2) is 0 Å². The van der Waals surface area contributed by atoms with Crippen LogP contribution in [-0.2, 0) is 9.59 Å². The Morgan fingerprint density at radius 2 is 1.64 bits per heavy atom. The molecule has 0 heterocycles. The van der Waals surface area contributed by atoms with Crippen molar-refractivity contribution in [3.63, 3.8) is 0 Å². The van der Waals surface area contributed by atoms with Gasteiger partial charge in [0.1, 0.15) is 0 Å². The standard InChI is InChI=1S/C20H31N3O2/c1-15-8-7-9-16(2)20(15)22-19(25)14-23(3)13-18(24)21-12-17-10-5-4-6-11-17/h7-9,17H,4-6,10-14H2,1-3H3,(H,21,24)(H,22,25). The van der Waals surface area contributed by atoms with Crippen LogP contribution >= 0.6 is 0 Å². The van der Waals surface area contributed by atoms with Crippen LogP contribution in [0.15, 0.2) is 18.2 Å². The number of carbonyl (C=O) groups is 2. The Balaban J connectivity index is 1.72. The van der Waals surface area contributed by atoms with Crippen LogP contribution < -0.4 is 10.6 Å². The Bertz CT molecular complexity index is 574. The van der Waals surface area contributed by atoms with Crippen molar-refractivity contribution in [2.75, 3.05) is 32.0 Å². The van der Waals surface area contributed by atoms with Crippen LogP contribution in [0, 0.1) is 19.8 Å². The average Bonchev–Trinajstić information content (AvgIpc) is 2.57. The number of likely N-dealkylation sites (N-methyl/N-ethyl adjacent to an activating group) is 1. The quantitative estimate of drug-likeness (QED) is 0.799. The molecule has 0 aromatic heterocycles. The molecule has 2 amide bonds. The maximum atomic E-state index is 12.2. The summed E-state index contributed by atoms with van der Waals surface area (Å²) in [6, 6.07) is 5.93. The van der Waals surface area contributed by atoms with Crippen LogP contribution in [0.3, 0.4) is 0 Å². The van der Waals surface area contributed by atoms with Gasteiger partial charge in [0.15, 0.2) is 0 Å². The highest BCUT2D eigenvalue weighted by Gasteiger charge is 2.16. The molecule has 0 spiro atoms. The van der Waals surface area contributed by atoms with Crippen molar-refractivity contribution in [3.05, 3.63) is 29.3 Å². The van der Waals surface area contributed by atoms with E-state index in [1.807, 2.05) is 32.0 Å². The zero-order valence-electron chi connectivity index (χ0n) is 15.7. The van der Waals surface area contributed by atoms with Gasteiger partial charge in [0.25, 0.3) is 0 Å². The lowest BCUT2D eigenvalue weighted by Gasteiger charge is -2.22. The third-order valence-corrected chi connectivity index (χ3v) is 4.89. The molecule has 0 aliphatic heterocycles. The summed E-state index contributed by atoms with van der Waals surface area (Å²) >= 11 is 0. The van der Waals surface area contributed by atoms with Crippen LogP contribution in [0.25, 0.3) is 0 Å². The van der Waals surface area contributed by atoms with E-state index >= 15 is 0 Å². The fourth-order valence-electron chi connectivity index (χ4n) is 3.44. The highest BCUT2D eigenvalue weighted by Crippen LogP contribution is 2.22. The zero-order valence-corrected chi connectivity index (χ0v) is 15.7. The minimum atomic E-state index is -0.0972. The summed E-state index contributed by atoms with van der Waals surface area (Å²) in [4.78, 5) is 26.0. The molecule has 0 radical (unpaired) electrons. The van der Waals surface area contributed by atoms with E-state index in [1.54, 1.807) is 11.9 Å². The number of carbonyl (C=O) groups excluding carboxylic acids is 2. The van der Waals surface area contributed by atoms with Crippen molar-refractivity contribution >= 4 is 17.5 Å². The van der Waals surface area contributed by atoms with E-state index in [4.69, 9.17) is 0 Å². The van der Waals surface area contributed by atoms with Crippen LogP contribution in [0.5, 0.6) is 0 Å². The van der Waals surface area contributed by atoms with E-state index in [2.05, 4.69) is 10.6 Å². The lowest BCUT2D eigenvalue weighted by atomic mass is 9.89. The van der Waals surface area contributed by atoms with E-state index < -0.39 is 0 Å². The molecule has 2 N–H and O–H groups in total. The molecule has 5 heteroatoms. The summed E-state index contributed by atoms with van der Waals surface area (Å²) in [5.41, 5.74) is 2.95. The number of para-hydroxylation sites is 1. The fraction of sp³-hybridized carbons (Fsp3) is 0.600. The second-order valence-corrected chi connectivity index (χ2v) is 7.30. The third-order valence-electron chi connectivity index (χ3n) is 4.89. The number of nitrogens with zero attached hydrogens (tertiary/aromatic N) is 1. The molecular formula is C20H31N3O2. The molecule has 0 bridgehead atoms. The van der Waals surface area contributed by atoms with Gasteiger partial charge in [0.2, 0.25) is 11.8 Å². The van der Waals surface area contributed by atoms with Crippen molar-refractivity contribution in [2.45, 2.75) is 46.0 Å². The molecule has 25 heavy (non-hydrogen) atoms. The van der Waals surface area contributed by atoms with Gasteiger partial charge in [0.05, 0.1) is 13.1 Å². The molecule has 0 unspecified atom stereocenters. The van der Waals surface area contributed by atoms with Gasteiger partial charge in [-0.2, -0.15) is 0 Å². The van der Waals surface area contributed by atoms with Crippen LogP contribution in [0.4, 0.5) is 5.69 Å². The number of hydrogen-bond acceptors (Lipinski definition) is 3. The summed E-state index contributed by atoms with van der Waals surface area (Å²) in [5.74, 6) is 0.517. The molecule has 138 valence electrons. The predicted octanol–water partition coefficient (Wildman–Crippen LogP) is 2.87. The Hall–Kier alpha value is -1.88. The number of anilines is 1. The molecule has 1 aromatic carbocycles. The van der Waals surface area contributed by atoms with Gasteiger partial charge >= 0.3 is 0 Å². The summed E-state index contributed by atoms with van der Waals surface area (Å²) < 4.78 is 0. The Kier molecular flexibility index (Phi) is 7.44. The number of nitrogens with one attached hydrogen (secondary N) is 2. The van der Waals surface area contributed by atoms with Crippen molar-refractivity contribution < 1.29 is 9.59 Å². The van der Waals surface area contributed by atoms with E-state index in [-0.39, 0.29) is 24.9 Å². The number of benzene rings is 1. The first kappa shape index (κ1) is 19.4. The maximum Gasteiger partial charge on any atom is 0.238 e. The predicted molar refractivity (Wildman–Crippen MR) is 102 cm³/mol. The summed E-state index contributed by atoms with van der Waals surface area (Å²) in [6.07, 6.45) is 6.31. The second-order valence-electron chi connectivity index (χ2n) is 7.30. The normalized spacial score (nSPS) is 15.2. The summed E-state index contributed by atoms with van der Waals surface area (Å²) in [6.45, 7) is 5.16. The Morgan fingerprint density at radius 1 is 1.04 bits per heavy atom. The number of hydrogen-bond donors (Lipinski definition) is 2. The van der Waals surface area contributed by atoms with Gasteiger partial charge in [-0.05, 0) is 50.8 Å². The minimum absolute atomic E-state index is 0.00653. The van der Waals surface area contributed by atoms with Gasteiger partial charge in [-0.3, -0.25) is 14.5 Å². The first-order valence-electron chi connectivity index (χ1n) is 9.27. The van der Waals surface area contributed by atoms with Gasteiger partial charge in [-0.1, -0.05) is 37.5 Å². The zero-order chi connectivity index (χ0) is 18.2. The van der Waals surface area contributed by atoms with Crippen LogP contribution in [0.1, 0.15) is 43.2 Å². The Labute approximate surface area is 151 Å². The summed E-state index contributed by atoms with van der Waals surface area (Å²) in [7, 11) is 1.80. The highest BCUT2D eigenvalue weighted by atomic mass is 16.2. The molecule has 1 aliphatic rings. The lowest BCUT2D eigenvalue weighted by Crippen LogP contribution is -2.40. The number of aryl methyl sites for hydroxylation is 2. The van der Waals surface area contributed by atoms with E-state index in [0.29, 0.717) is 5.92 Å². The average molecular weight is 345 g/mol. The molecule has 1 aromatic rings. The number of amides is 2. The van der Waals surface area contributed by atoms with Crippen LogP contribution in [-0.4, -0.2) is 43.4 Å². The molecule has 2 rings (SSSR count). The first-order valence-corrected chi connectivity index (χ1v) is 9.27. The van der Waals surface area contributed by atoms with Crippen molar-refractivity contribution in [3.8, 4) is 0 Å². The highest BCUT2D eigenvalue weighted by molar-refractivity contribution is 5.94. The smallest absolute Gasteiger partial charge is 0.238 e. The van der Waals surface area contributed by atoms with Gasteiger partial charge in [0, 0.05) is 12.2 Å². The van der Waals surface area contributed by atoms with E-state index in [1.165, 1.54) is 32.1 Å². The fourth-order valence-corrected chi connectivity index (χ4v) is 3.44. The molecule has 1 saturated carbocycles. The van der Waals surface area contributed by atoms with E-state index in [0.717, 1.165) is 23.4 Å². The first-order chi connectivity index (χ1) is 12.0. The Morgan fingerprint density at radius 3 is 2.28 bits per heavy atom. The second kappa shape index (κ2) is 9.56. The molecule has 1 fully saturated rings. The molecule has 5 nitrogen and oxygen atoms in total. The maximum absolute atomic E-state index is 12.2. The minimum Gasteiger partial charge on any atom is -0.355 e. The van der Waals surface area contributed by atoms with Crippen molar-refractivity contribution in [1.82, 2.24) is 10.2 Å². The SMILES string of the molecule is Cc1cccc(C)c1NC(=O)CN(C)CC(=O)NCC1CCCCC1. The van der Waals surface area contributed by atoms with Crippen molar-refractivity contribution in [2.24, 2.45) is 5.92 Å². The van der Waals surface area contributed by atoms with Crippen molar-refractivity contribution in [1.29, 1.82) is 0 Å². The molecule has 1 aliphatic carbocycles. The van der Waals surface area contributed by atoms with Gasteiger partial charge < -0.3 is 10.6 Å². The van der Waals surface area contributed by atoms with Gasteiger partial charge in [-0.15, -0.1) is 0 Å². The molecule has 0 saturated heterocycles. The summed E-state index contributed by atoms with van der Waals surface area (Å²) in [5, 5.41) is 5.97. The molecular weight excluding hydrogens is 314 g/mol. The lowest BCUT2D eigenvalue weighted by molar-refractivity contribution is -0.123. The van der Waals surface area contributed by atoms with E-state index in [9.17, 15) is 9.59 Å².